The fourth-order valence-corrected chi connectivity index (χ4v) is 2.48. The van der Waals surface area contributed by atoms with E-state index in [-0.39, 0.29) is 12.1 Å². The van der Waals surface area contributed by atoms with E-state index in [1.807, 2.05) is 7.05 Å². The number of hydrogen-bond acceptors (Lipinski definition) is 2. The van der Waals surface area contributed by atoms with E-state index in [0.717, 1.165) is 6.07 Å². The van der Waals surface area contributed by atoms with Crippen LogP contribution in [0.3, 0.4) is 0 Å². The van der Waals surface area contributed by atoms with Crippen molar-refractivity contribution in [2.24, 2.45) is 5.92 Å². The number of benzene rings is 1. The maximum Gasteiger partial charge on any atom is 0.126 e. The lowest BCUT2D eigenvalue weighted by molar-refractivity contribution is 0.0534. The average molecular weight is 255 g/mol. The predicted octanol–water partition coefficient (Wildman–Crippen LogP) is 2.52. The second kappa shape index (κ2) is 5.76. The number of hydrogen-bond donors (Lipinski definition) is 1. The molecule has 0 aromatic heterocycles. The highest BCUT2D eigenvalue weighted by Crippen LogP contribution is 2.36. The molecule has 0 amide bonds. The Kier molecular flexibility index (Phi) is 4.30. The minimum Gasteiger partial charge on any atom is -0.380 e. The van der Waals surface area contributed by atoms with Gasteiger partial charge in [0.1, 0.15) is 11.6 Å². The molecule has 1 N–H and O–H groups in total. The van der Waals surface area contributed by atoms with E-state index in [4.69, 9.17) is 4.74 Å². The van der Waals surface area contributed by atoms with Gasteiger partial charge in [-0.25, -0.2) is 8.78 Å². The average Bonchev–Trinajstić information content (AvgIpc) is 3.11. The van der Waals surface area contributed by atoms with E-state index < -0.39 is 11.6 Å². The van der Waals surface area contributed by atoms with Crippen molar-refractivity contribution in [2.45, 2.75) is 31.4 Å². The molecule has 0 saturated heterocycles. The first-order chi connectivity index (χ1) is 8.63. The summed E-state index contributed by atoms with van der Waals surface area (Å²) < 4.78 is 31.8. The zero-order valence-electron chi connectivity index (χ0n) is 10.7. The number of methoxy groups -OCH3 is 1. The zero-order chi connectivity index (χ0) is 13.1. The monoisotopic (exact) mass is 255 g/mol. The topological polar surface area (TPSA) is 21.3 Å². The summed E-state index contributed by atoms with van der Waals surface area (Å²) in [7, 11) is 3.55. The third-order valence-corrected chi connectivity index (χ3v) is 3.50. The van der Waals surface area contributed by atoms with Crippen molar-refractivity contribution in [1.82, 2.24) is 5.32 Å². The molecule has 1 aliphatic carbocycles. The second-order valence-electron chi connectivity index (χ2n) is 4.91. The molecule has 0 heterocycles. The minimum absolute atomic E-state index is 0.0868. The van der Waals surface area contributed by atoms with Gasteiger partial charge in [0.15, 0.2) is 0 Å². The van der Waals surface area contributed by atoms with E-state index >= 15 is 0 Å². The van der Waals surface area contributed by atoms with E-state index in [9.17, 15) is 8.78 Å². The molecular formula is C14H19F2NO. The molecule has 2 atom stereocenters. The molecule has 0 spiro atoms. The van der Waals surface area contributed by atoms with Crippen molar-refractivity contribution >= 4 is 0 Å². The van der Waals surface area contributed by atoms with Crippen LogP contribution in [-0.2, 0) is 11.2 Å². The van der Waals surface area contributed by atoms with Gasteiger partial charge in [-0.1, -0.05) is 0 Å². The normalized spacial score (nSPS) is 18.7. The molecule has 1 saturated carbocycles. The summed E-state index contributed by atoms with van der Waals surface area (Å²) in [6.45, 7) is 0. The van der Waals surface area contributed by atoms with Crippen LogP contribution in [0, 0.1) is 17.6 Å². The van der Waals surface area contributed by atoms with Crippen LogP contribution in [0.15, 0.2) is 18.2 Å². The van der Waals surface area contributed by atoms with Crippen LogP contribution in [0.2, 0.25) is 0 Å². The Bertz CT molecular complexity index is 387. The molecule has 1 aromatic rings. The number of rotatable bonds is 6. The smallest absolute Gasteiger partial charge is 0.126 e. The summed E-state index contributed by atoms with van der Waals surface area (Å²) in [4.78, 5) is 0. The first-order valence-corrected chi connectivity index (χ1v) is 6.29. The van der Waals surface area contributed by atoms with Crippen LogP contribution in [0.4, 0.5) is 8.78 Å². The molecule has 0 radical (unpaired) electrons. The molecule has 4 heteroatoms. The Balaban J connectivity index is 2.08. The predicted molar refractivity (Wildman–Crippen MR) is 66.4 cm³/mol. The lowest BCUT2D eigenvalue weighted by Gasteiger charge is -2.25. The largest absolute Gasteiger partial charge is 0.380 e. The third-order valence-electron chi connectivity index (χ3n) is 3.50. The van der Waals surface area contributed by atoms with Gasteiger partial charge in [0, 0.05) is 19.2 Å². The third kappa shape index (κ3) is 3.27. The van der Waals surface area contributed by atoms with E-state index in [1.54, 1.807) is 7.11 Å². The van der Waals surface area contributed by atoms with Gasteiger partial charge in [-0.15, -0.1) is 0 Å². The van der Waals surface area contributed by atoms with Crippen molar-refractivity contribution in [3.05, 3.63) is 35.4 Å². The molecule has 18 heavy (non-hydrogen) atoms. The summed E-state index contributed by atoms with van der Waals surface area (Å²) in [5.74, 6) is -0.480. The van der Waals surface area contributed by atoms with Gasteiger partial charge < -0.3 is 10.1 Å². The lowest BCUT2D eigenvalue weighted by atomic mass is 9.98. The van der Waals surface area contributed by atoms with Crippen LogP contribution in [0.25, 0.3) is 0 Å². The quantitative estimate of drug-likeness (QED) is 0.843. The maximum absolute atomic E-state index is 13.1. The van der Waals surface area contributed by atoms with Gasteiger partial charge in [-0.3, -0.25) is 0 Å². The molecular weight excluding hydrogens is 236 g/mol. The van der Waals surface area contributed by atoms with Crippen LogP contribution < -0.4 is 5.32 Å². The Morgan fingerprint density at radius 3 is 2.33 bits per heavy atom. The number of nitrogens with one attached hydrogen (secondary N) is 1. The van der Waals surface area contributed by atoms with Gasteiger partial charge in [0.25, 0.3) is 0 Å². The second-order valence-corrected chi connectivity index (χ2v) is 4.91. The Hall–Kier alpha value is -1.00. The summed E-state index contributed by atoms with van der Waals surface area (Å²) in [5, 5.41) is 3.19. The van der Waals surface area contributed by atoms with Crippen molar-refractivity contribution in [1.29, 1.82) is 0 Å². The van der Waals surface area contributed by atoms with Crippen LogP contribution >= 0.6 is 0 Å². The molecule has 2 unspecified atom stereocenters. The van der Waals surface area contributed by atoms with Gasteiger partial charge in [0.05, 0.1) is 6.10 Å². The molecule has 0 bridgehead atoms. The molecule has 0 aliphatic heterocycles. The van der Waals surface area contributed by atoms with Gasteiger partial charge in [0.2, 0.25) is 0 Å². The molecule has 2 rings (SSSR count). The molecule has 1 aromatic carbocycles. The van der Waals surface area contributed by atoms with Gasteiger partial charge >= 0.3 is 0 Å². The summed E-state index contributed by atoms with van der Waals surface area (Å²) >= 11 is 0. The van der Waals surface area contributed by atoms with Crippen molar-refractivity contribution in [3.63, 3.8) is 0 Å². The Morgan fingerprint density at radius 1 is 1.28 bits per heavy atom. The number of likely N-dealkylation sites (N-methyl/N-ethyl adjacent to an activating group) is 1. The SMILES string of the molecule is CNC(Cc1cc(F)cc(F)c1)C(OC)C1CC1. The van der Waals surface area contributed by atoms with Crippen molar-refractivity contribution < 1.29 is 13.5 Å². The van der Waals surface area contributed by atoms with E-state index in [0.29, 0.717) is 17.9 Å². The number of ether oxygens (including phenoxy) is 1. The van der Waals surface area contributed by atoms with Gasteiger partial charge in [-0.05, 0) is 49.9 Å². The summed E-state index contributed by atoms with van der Waals surface area (Å²) in [6.07, 6.45) is 3.03. The zero-order valence-corrected chi connectivity index (χ0v) is 10.7. The number of halogens is 2. The standard InChI is InChI=1S/C14H19F2NO/c1-17-13(14(18-2)10-3-4-10)7-9-5-11(15)8-12(16)6-9/h5-6,8,10,13-14,17H,3-4,7H2,1-2H3. The van der Waals surface area contributed by atoms with Crippen molar-refractivity contribution in [2.75, 3.05) is 14.2 Å². The first-order valence-electron chi connectivity index (χ1n) is 6.29. The van der Waals surface area contributed by atoms with E-state index in [2.05, 4.69) is 5.32 Å². The Labute approximate surface area is 106 Å². The molecule has 1 fully saturated rings. The summed E-state index contributed by atoms with van der Waals surface area (Å²) in [5.41, 5.74) is 0.662. The molecule has 2 nitrogen and oxygen atoms in total. The molecule has 100 valence electrons. The van der Waals surface area contributed by atoms with Crippen LogP contribution in [-0.4, -0.2) is 26.3 Å². The van der Waals surface area contributed by atoms with Crippen molar-refractivity contribution in [3.8, 4) is 0 Å². The summed E-state index contributed by atoms with van der Waals surface area (Å²) in [6, 6.07) is 3.75. The fourth-order valence-electron chi connectivity index (χ4n) is 2.48. The highest BCUT2D eigenvalue weighted by atomic mass is 19.1. The van der Waals surface area contributed by atoms with E-state index in [1.165, 1.54) is 25.0 Å². The van der Waals surface area contributed by atoms with Gasteiger partial charge in [-0.2, -0.15) is 0 Å². The fraction of sp³-hybridized carbons (Fsp3) is 0.571. The lowest BCUT2D eigenvalue weighted by Crippen LogP contribution is -2.42. The highest BCUT2D eigenvalue weighted by molar-refractivity contribution is 5.19. The Morgan fingerprint density at radius 2 is 1.89 bits per heavy atom. The minimum atomic E-state index is -0.528. The maximum atomic E-state index is 13.1. The molecule has 1 aliphatic rings. The van der Waals surface area contributed by atoms with Crippen LogP contribution in [0.1, 0.15) is 18.4 Å². The first kappa shape index (κ1) is 13.4. The van der Waals surface area contributed by atoms with Crippen LogP contribution in [0.5, 0.6) is 0 Å². The highest BCUT2D eigenvalue weighted by Gasteiger charge is 2.36.